The van der Waals surface area contributed by atoms with Gasteiger partial charge in [-0.25, -0.2) is 13.4 Å². The number of oxime groups is 1. The maximum Gasteiger partial charge on any atom is 0.231 e. The molecule has 3 aromatic carbocycles. The lowest BCUT2D eigenvalue weighted by atomic mass is 10.1. The highest BCUT2D eigenvalue weighted by molar-refractivity contribution is 7.90. The number of nitrogens with one attached hydrogen (secondary N) is 2. The third kappa shape index (κ3) is 5.84. The number of para-hydroxylation sites is 1. The maximum absolute atomic E-state index is 12.9. The average molecular weight is 536 g/mol. The van der Waals surface area contributed by atoms with Gasteiger partial charge in [0, 0.05) is 22.0 Å². The minimum absolute atomic E-state index is 0.104. The molecule has 1 saturated carbocycles. The quantitative estimate of drug-likeness (QED) is 0.117. The lowest BCUT2D eigenvalue weighted by Gasteiger charge is -2.16. The summed E-state index contributed by atoms with van der Waals surface area (Å²) in [5, 5.41) is 21.1. The smallest absolute Gasteiger partial charge is 0.231 e. The number of hydrogen-bond acceptors (Lipinski definition) is 7. The van der Waals surface area contributed by atoms with Gasteiger partial charge in [0.15, 0.2) is 15.7 Å². The van der Waals surface area contributed by atoms with Crippen LogP contribution in [0.1, 0.15) is 36.8 Å². The van der Waals surface area contributed by atoms with Crippen LogP contribution in [-0.2, 0) is 15.6 Å². The van der Waals surface area contributed by atoms with Gasteiger partial charge < -0.3 is 15.8 Å². The van der Waals surface area contributed by atoms with Gasteiger partial charge >= 0.3 is 0 Å². The zero-order valence-corrected chi connectivity index (χ0v) is 21.5. The summed E-state index contributed by atoms with van der Waals surface area (Å²) in [6, 6.07) is 21.0. The van der Waals surface area contributed by atoms with Gasteiger partial charge in [0.2, 0.25) is 5.95 Å². The first kappa shape index (κ1) is 25.0. The van der Waals surface area contributed by atoms with Crippen molar-refractivity contribution < 1.29 is 13.6 Å². The standard InChI is InChI=1S/C27H26ClN5O3S/c28-20-12-14-22(15-13-20)37(35,36)17-18-6-5-7-19(16-18)25(33-34)31-27-30-24-11-4-3-10-23(24)26(32-27)29-21-8-1-2-9-21/h3-7,10-16,21,34H,1-2,8-9,17H2,(H2,29,30,31,32,33). The Balaban J connectivity index is 1.40. The highest BCUT2D eigenvalue weighted by Crippen LogP contribution is 2.27. The van der Waals surface area contributed by atoms with Crippen LogP contribution in [-0.4, -0.2) is 35.5 Å². The molecule has 0 bridgehead atoms. The second kappa shape index (κ2) is 10.7. The monoisotopic (exact) mass is 535 g/mol. The Morgan fingerprint density at radius 3 is 2.51 bits per heavy atom. The van der Waals surface area contributed by atoms with E-state index < -0.39 is 9.84 Å². The molecule has 0 aliphatic heterocycles. The van der Waals surface area contributed by atoms with Crippen molar-refractivity contribution in [2.24, 2.45) is 5.16 Å². The first-order chi connectivity index (χ1) is 17.9. The van der Waals surface area contributed by atoms with Crippen LogP contribution in [0.2, 0.25) is 5.02 Å². The van der Waals surface area contributed by atoms with E-state index in [2.05, 4.69) is 25.8 Å². The molecule has 1 fully saturated rings. The summed E-state index contributed by atoms with van der Waals surface area (Å²) >= 11 is 5.89. The molecule has 8 nitrogen and oxygen atoms in total. The largest absolute Gasteiger partial charge is 0.409 e. The molecular weight excluding hydrogens is 510 g/mol. The molecule has 0 spiro atoms. The average Bonchev–Trinajstić information content (AvgIpc) is 3.40. The zero-order chi connectivity index (χ0) is 25.8. The van der Waals surface area contributed by atoms with E-state index in [0.717, 1.165) is 29.6 Å². The number of rotatable bonds is 7. The molecule has 5 rings (SSSR count). The van der Waals surface area contributed by atoms with Crippen LogP contribution < -0.4 is 10.6 Å². The normalized spacial score (nSPS) is 14.7. The lowest BCUT2D eigenvalue weighted by molar-refractivity contribution is 0.319. The molecule has 0 atom stereocenters. The van der Waals surface area contributed by atoms with E-state index in [4.69, 9.17) is 11.6 Å². The predicted molar refractivity (Wildman–Crippen MR) is 146 cm³/mol. The molecule has 1 aliphatic carbocycles. The molecule has 0 saturated heterocycles. The maximum atomic E-state index is 12.9. The Morgan fingerprint density at radius 1 is 1.00 bits per heavy atom. The molecular formula is C27H26ClN5O3S. The summed E-state index contributed by atoms with van der Waals surface area (Å²) < 4.78 is 25.8. The van der Waals surface area contributed by atoms with Crippen molar-refractivity contribution >= 4 is 49.9 Å². The van der Waals surface area contributed by atoms with Crippen molar-refractivity contribution in [2.45, 2.75) is 42.4 Å². The molecule has 1 aromatic heterocycles. The van der Waals surface area contributed by atoms with E-state index in [1.165, 1.54) is 25.0 Å². The fourth-order valence-corrected chi connectivity index (χ4v) is 5.98. The highest BCUT2D eigenvalue weighted by Gasteiger charge is 2.19. The molecule has 190 valence electrons. The van der Waals surface area contributed by atoms with Crippen LogP contribution in [0.4, 0.5) is 11.8 Å². The van der Waals surface area contributed by atoms with Crippen molar-refractivity contribution in [3.05, 3.63) is 88.9 Å². The van der Waals surface area contributed by atoms with Crippen molar-refractivity contribution in [2.75, 3.05) is 10.6 Å². The third-order valence-corrected chi connectivity index (χ3v) is 8.32. The Hall–Kier alpha value is -3.69. The van der Waals surface area contributed by atoms with Gasteiger partial charge in [0.05, 0.1) is 16.2 Å². The van der Waals surface area contributed by atoms with E-state index in [0.29, 0.717) is 22.2 Å². The summed E-state index contributed by atoms with van der Waals surface area (Å²) in [5.74, 6) is 0.877. The summed E-state index contributed by atoms with van der Waals surface area (Å²) in [7, 11) is -3.59. The molecule has 1 aliphatic rings. The van der Waals surface area contributed by atoms with Crippen LogP contribution in [0, 0.1) is 0 Å². The van der Waals surface area contributed by atoms with Gasteiger partial charge in [0.25, 0.3) is 0 Å². The Kier molecular flexibility index (Phi) is 7.25. The van der Waals surface area contributed by atoms with Crippen molar-refractivity contribution in [1.29, 1.82) is 0 Å². The number of anilines is 2. The van der Waals surface area contributed by atoms with E-state index >= 15 is 0 Å². The molecule has 0 unspecified atom stereocenters. The van der Waals surface area contributed by atoms with Crippen LogP contribution in [0.25, 0.3) is 10.9 Å². The Labute approximate surface area is 220 Å². The van der Waals surface area contributed by atoms with Gasteiger partial charge in [-0.05, 0) is 60.9 Å². The first-order valence-electron chi connectivity index (χ1n) is 12.0. The number of halogens is 1. The van der Waals surface area contributed by atoms with Crippen molar-refractivity contribution in [3.8, 4) is 0 Å². The summed E-state index contributed by atoms with van der Waals surface area (Å²) in [5.41, 5.74) is 1.78. The summed E-state index contributed by atoms with van der Waals surface area (Å²) in [6.07, 6.45) is 4.57. The predicted octanol–water partition coefficient (Wildman–Crippen LogP) is 5.86. The summed E-state index contributed by atoms with van der Waals surface area (Å²) in [6.45, 7) is 0. The zero-order valence-electron chi connectivity index (χ0n) is 19.9. The molecule has 0 radical (unpaired) electrons. The number of benzene rings is 3. The van der Waals surface area contributed by atoms with Crippen LogP contribution >= 0.6 is 11.6 Å². The molecule has 1 heterocycles. The third-order valence-electron chi connectivity index (χ3n) is 6.36. The fourth-order valence-electron chi connectivity index (χ4n) is 4.52. The van der Waals surface area contributed by atoms with Gasteiger partial charge in [-0.15, -0.1) is 0 Å². The Morgan fingerprint density at radius 2 is 1.76 bits per heavy atom. The van der Waals surface area contributed by atoms with Gasteiger partial charge in [0.1, 0.15) is 5.82 Å². The minimum Gasteiger partial charge on any atom is -0.409 e. The molecule has 37 heavy (non-hydrogen) atoms. The molecule has 3 N–H and O–H groups in total. The van der Waals surface area contributed by atoms with Gasteiger partial charge in [-0.1, -0.05) is 59.9 Å². The Bertz CT molecular complexity index is 1550. The topological polar surface area (TPSA) is 117 Å². The highest BCUT2D eigenvalue weighted by atomic mass is 35.5. The molecule has 10 heteroatoms. The lowest BCUT2D eigenvalue weighted by Crippen LogP contribution is -2.19. The van der Waals surface area contributed by atoms with Crippen LogP contribution in [0.5, 0.6) is 0 Å². The van der Waals surface area contributed by atoms with Crippen LogP contribution in [0.15, 0.2) is 82.8 Å². The van der Waals surface area contributed by atoms with Gasteiger partial charge in [-0.3, -0.25) is 0 Å². The van der Waals surface area contributed by atoms with E-state index in [-0.39, 0.29) is 22.4 Å². The van der Waals surface area contributed by atoms with Gasteiger partial charge in [-0.2, -0.15) is 4.98 Å². The van der Waals surface area contributed by atoms with E-state index in [1.54, 1.807) is 36.4 Å². The van der Waals surface area contributed by atoms with E-state index in [9.17, 15) is 13.6 Å². The van der Waals surface area contributed by atoms with Crippen molar-refractivity contribution in [1.82, 2.24) is 9.97 Å². The molecule has 4 aromatic rings. The fraction of sp³-hybridized carbons (Fsp3) is 0.222. The SMILES string of the molecule is O=S(=O)(Cc1cccc(/C(=N/O)Nc2nc(NC3CCCC3)c3ccccc3n2)c1)c1ccc(Cl)cc1. The minimum atomic E-state index is -3.59. The van der Waals surface area contributed by atoms with Crippen LogP contribution in [0.3, 0.4) is 0 Å². The number of sulfone groups is 1. The first-order valence-corrected chi connectivity index (χ1v) is 14.0. The number of aromatic nitrogens is 2. The second-order valence-corrected chi connectivity index (χ2v) is 11.5. The number of amidine groups is 1. The van der Waals surface area contributed by atoms with Crippen molar-refractivity contribution in [3.63, 3.8) is 0 Å². The number of hydrogen-bond donors (Lipinski definition) is 3. The number of fused-ring (bicyclic) bond motifs is 1. The summed E-state index contributed by atoms with van der Waals surface area (Å²) in [4.78, 5) is 9.45. The van der Waals surface area contributed by atoms with E-state index in [1.807, 2.05) is 24.3 Å². The number of nitrogens with zero attached hydrogens (tertiary/aromatic N) is 3. The second-order valence-electron chi connectivity index (χ2n) is 9.03. The molecule has 0 amide bonds.